The Morgan fingerprint density at radius 1 is 1.07 bits per heavy atom. The molecule has 5 nitrogen and oxygen atoms in total. The van der Waals surface area contributed by atoms with Gasteiger partial charge in [-0.1, -0.05) is 29.8 Å². The normalized spacial score (nSPS) is 10.8. The average molecular weight is 378 g/mol. The van der Waals surface area contributed by atoms with Crippen LogP contribution in [0.5, 0.6) is 11.5 Å². The topological polar surface area (TPSA) is 52.5 Å². The van der Waals surface area contributed by atoms with Crippen LogP contribution in [0.25, 0.3) is 10.9 Å². The monoisotopic (exact) mass is 378 g/mol. The van der Waals surface area contributed by atoms with Gasteiger partial charge in [0.05, 0.1) is 19.7 Å². The molecule has 5 heteroatoms. The molecule has 0 atom stereocenters. The number of aryl methyl sites for hydroxylation is 1. The van der Waals surface area contributed by atoms with E-state index in [4.69, 9.17) is 9.47 Å². The van der Waals surface area contributed by atoms with Crippen LogP contribution in [0.1, 0.15) is 16.7 Å². The van der Waals surface area contributed by atoms with Gasteiger partial charge in [-0.25, -0.2) is 0 Å². The van der Waals surface area contributed by atoms with Crippen LogP contribution >= 0.6 is 0 Å². The highest BCUT2D eigenvalue weighted by Crippen LogP contribution is 2.30. The number of hydrogen-bond donors (Lipinski definition) is 1. The van der Waals surface area contributed by atoms with Crippen LogP contribution in [-0.4, -0.2) is 18.8 Å². The smallest absolute Gasteiger partial charge is 0.255 e. The van der Waals surface area contributed by atoms with Crippen LogP contribution in [0.3, 0.4) is 0 Å². The van der Waals surface area contributed by atoms with Crippen molar-refractivity contribution >= 4 is 10.9 Å². The molecule has 0 fully saturated rings. The summed E-state index contributed by atoms with van der Waals surface area (Å²) < 4.78 is 12.6. The van der Waals surface area contributed by atoms with Gasteiger partial charge in [0.25, 0.3) is 5.56 Å². The average Bonchev–Trinajstić information content (AvgIpc) is 2.70. The van der Waals surface area contributed by atoms with Gasteiger partial charge in [0.2, 0.25) is 0 Å². The number of nitrogens with zero attached hydrogens (tertiary/aromatic N) is 1. The van der Waals surface area contributed by atoms with Crippen molar-refractivity contribution in [2.24, 2.45) is 0 Å². The highest BCUT2D eigenvalue weighted by atomic mass is 16.5. The molecule has 0 radical (unpaired) electrons. The van der Waals surface area contributed by atoms with Gasteiger partial charge in [-0.2, -0.15) is 0 Å². The summed E-state index contributed by atoms with van der Waals surface area (Å²) in [6, 6.07) is 13.9. The molecule has 0 aliphatic rings. The number of para-hydroxylation sites is 1. The van der Waals surface area contributed by atoms with E-state index in [1.807, 2.05) is 36.4 Å². The Morgan fingerprint density at radius 2 is 1.86 bits per heavy atom. The highest BCUT2D eigenvalue weighted by molar-refractivity contribution is 5.80. The summed E-state index contributed by atoms with van der Waals surface area (Å²) in [7, 11) is 3.25. The number of ether oxygens (including phenoxy) is 2. The van der Waals surface area contributed by atoms with Crippen LogP contribution in [0.4, 0.5) is 0 Å². The van der Waals surface area contributed by atoms with E-state index in [1.54, 1.807) is 24.9 Å². The molecule has 3 rings (SSSR count). The predicted octanol–water partition coefficient (Wildman–Crippen LogP) is 3.80. The number of benzene rings is 2. The van der Waals surface area contributed by atoms with Crippen LogP contribution in [0.2, 0.25) is 0 Å². The minimum Gasteiger partial charge on any atom is -0.493 e. The molecule has 1 N–H and O–H groups in total. The number of rotatable bonds is 8. The van der Waals surface area contributed by atoms with E-state index in [2.05, 4.69) is 24.9 Å². The summed E-state index contributed by atoms with van der Waals surface area (Å²) in [5.41, 5.74) is 3.79. The van der Waals surface area contributed by atoms with Gasteiger partial charge in [-0.05, 0) is 36.6 Å². The third-order valence-corrected chi connectivity index (χ3v) is 4.75. The summed E-state index contributed by atoms with van der Waals surface area (Å²) in [6.07, 6.45) is 1.75. The molecule has 0 bridgehead atoms. The van der Waals surface area contributed by atoms with Gasteiger partial charge in [-0.15, -0.1) is 6.58 Å². The van der Waals surface area contributed by atoms with Crippen LogP contribution in [0, 0.1) is 6.92 Å². The second kappa shape index (κ2) is 8.76. The summed E-state index contributed by atoms with van der Waals surface area (Å²) in [6.45, 7) is 7.34. The summed E-state index contributed by atoms with van der Waals surface area (Å²) >= 11 is 0. The molecule has 3 aromatic rings. The summed E-state index contributed by atoms with van der Waals surface area (Å²) in [5, 5.41) is 4.41. The molecular formula is C23H26N2O3. The number of nitrogens with one attached hydrogen (secondary N) is 1. The lowest BCUT2D eigenvalue weighted by Gasteiger charge is -2.14. The predicted molar refractivity (Wildman–Crippen MR) is 113 cm³/mol. The highest BCUT2D eigenvalue weighted by Gasteiger charge is 2.11. The quantitative estimate of drug-likeness (QED) is 0.606. The van der Waals surface area contributed by atoms with Crippen molar-refractivity contribution in [1.82, 2.24) is 9.88 Å². The molecule has 0 saturated heterocycles. The molecule has 28 heavy (non-hydrogen) atoms. The lowest BCUT2D eigenvalue weighted by atomic mass is 10.1. The molecule has 0 aliphatic heterocycles. The number of hydrogen-bond acceptors (Lipinski definition) is 4. The van der Waals surface area contributed by atoms with Crippen LogP contribution in [0.15, 0.2) is 59.9 Å². The van der Waals surface area contributed by atoms with Crippen molar-refractivity contribution in [3.05, 3.63) is 82.2 Å². The van der Waals surface area contributed by atoms with Crippen molar-refractivity contribution in [2.45, 2.75) is 26.6 Å². The van der Waals surface area contributed by atoms with Crippen molar-refractivity contribution in [3.8, 4) is 11.5 Å². The minimum atomic E-state index is 0.00126. The summed E-state index contributed by atoms with van der Waals surface area (Å²) in [4.78, 5) is 13.0. The third kappa shape index (κ3) is 3.94. The number of allylic oxidation sites excluding steroid dienone is 1. The van der Waals surface area contributed by atoms with Gasteiger partial charge in [0, 0.05) is 30.8 Å². The lowest BCUT2D eigenvalue weighted by molar-refractivity contribution is 0.350. The van der Waals surface area contributed by atoms with E-state index in [0.29, 0.717) is 31.1 Å². The minimum absolute atomic E-state index is 0.00126. The standard InChI is InChI=1S/C23H26N2O3/c1-5-11-25-20-10-9-16(2)12-18(20)13-19(23(25)26)15-24-14-17-7-6-8-21(27-3)22(17)28-4/h5-10,12-13,24H,1,11,14-15H2,2-4H3. The molecule has 0 spiro atoms. The first-order valence-electron chi connectivity index (χ1n) is 9.23. The second-order valence-corrected chi connectivity index (χ2v) is 6.69. The number of fused-ring (bicyclic) bond motifs is 1. The third-order valence-electron chi connectivity index (χ3n) is 4.75. The zero-order chi connectivity index (χ0) is 20.1. The Morgan fingerprint density at radius 3 is 2.57 bits per heavy atom. The molecular weight excluding hydrogens is 352 g/mol. The first-order valence-corrected chi connectivity index (χ1v) is 9.23. The van der Waals surface area contributed by atoms with Crippen molar-refractivity contribution in [2.75, 3.05) is 14.2 Å². The molecule has 0 amide bonds. The van der Waals surface area contributed by atoms with Gasteiger partial charge >= 0.3 is 0 Å². The van der Waals surface area contributed by atoms with E-state index in [1.165, 1.54) is 0 Å². The maximum absolute atomic E-state index is 13.0. The molecule has 1 aromatic heterocycles. The summed E-state index contributed by atoms with van der Waals surface area (Å²) in [5.74, 6) is 1.40. The van der Waals surface area contributed by atoms with E-state index >= 15 is 0 Å². The van der Waals surface area contributed by atoms with E-state index in [0.717, 1.165) is 27.6 Å². The Bertz CT molecular complexity index is 1050. The molecule has 0 saturated carbocycles. The Hall–Kier alpha value is -3.05. The first kappa shape index (κ1) is 19.7. The molecule has 0 unspecified atom stereocenters. The van der Waals surface area contributed by atoms with E-state index < -0.39 is 0 Å². The van der Waals surface area contributed by atoms with Crippen molar-refractivity contribution < 1.29 is 9.47 Å². The SMILES string of the molecule is C=CCn1c(=O)c(CNCc2cccc(OC)c2OC)cc2cc(C)ccc21. The fraction of sp³-hybridized carbons (Fsp3) is 0.261. The van der Waals surface area contributed by atoms with Gasteiger partial charge in [0.15, 0.2) is 11.5 Å². The molecule has 2 aromatic carbocycles. The molecule has 1 heterocycles. The van der Waals surface area contributed by atoms with E-state index in [9.17, 15) is 4.79 Å². The number of pyridine rings is 1. The largest absolute Gasteiger partial charge is 0.493 e. The van der Waals surface area contributed by atoms with Gasteiger partial charge in [0.1, 0.15) is 0 Å². The van der Waals surface area contributed by atoms with Crippen molar-refractivity contribution in [1.29, 1.82) is 0 Å². The van der Waals surface area contributed by atoms with Crippen LogP contribution < -0.4 is 20.3 Å². The Labute approximate surface area is 165 Å². The Balaban J connectivity index is 1.88. The number of aromatic nitrogens is 1. The van der Waals surface area contributed by atoms with Crippen LogP contribution in [-0.2, 0) is 19.6 Å². The van der Waals surface area contributed by atoms with Gasteiger partial charge in [-0.3, -0.25) is 4.79 Å². The lowest BCUT2D eigenvalue weighted by Crippen LogP contribution is -2.27. The molecule has 146 valence electrons. The van der Waals surface area contributed by atoms with E-state index in [-0.39, 0.29) is 5.56 Å². The fourth-order valence-corrected chi connectivity index (χ4v) is 3.43. The van der Waals surface area contributed by atoms with Gasteiger partial charge < -0.3 is 19.4 Å². The zero-order valence-corrected chi connectivity index (χ0v) is 16.6. The Kier molecular flexibility index (Phi) is 6.16. The zero-order valence-electron chi connectivity index (χ0n) is 16.6. The fourth-order valence-electron chi connectivity index (χ4n) is 3.43. The second-order valence-electron chi connectivity index (χ2n) is 6.69. The maximum Gasteiger partial charge on any atom is 0.255 e. The number of methoxy groups -OCH3 is 2. The van der Waals surface area contributed by atoms with Crippen molar-refractivity contribution in [3.63, 3.8) is 0 Å². The first-order chi connectivity index (χ1) is 13.6. The molecule has 0 aliphatic carbocycles. The maximum atomic E-state index is 13.0.